The summed E-state index contributed by atoms with van der Waals surface area (Å²) >= 11 is 0. The number of benzene rings is 1. The first-order valence-electron chi connectivity index (χ1n) is 7.03. The molecule has 0 amide bonds. The van der Waals surface area contributed by atoms with Crippen LogP contribution < -0.4 is 4.74 Å². The second-order valence-corrected chi connectivity index (χ2v) is 5.19. The molecule has 0 spiro atoms. The van der Waals surface area contributed by atoms with Gasteiger partial charge in [0.1, 0.15) is 5.56 Å². The lowest BCUT2D eigenvalue weighted by atomic mass is 9.94. The molecule has 0 aromatic heterocycles. The van der Waals surface area contributed by atoms with E-state index in [0.717, 1.165) is 12.1 Å². The van der Waals surface area contributed by atoms with Crippen LogP contribution in [0.4, 0.5) is 16.2 Å². The molecular formula is C14H18N2O7. The van der Waals surface area contributed by atoms with Gasteiger partial charge in [-0.3, -0.25) is 20.2 Å². The maximum atomic E-state index is 11.6. The highest BCUT2D eigenvalue weighted by Gasteiger charge is 2.33. The van der Waals surface area contributed by atoms with Crippen LogP contribution in [0.2, 0.25) is 0 Å². The smallest absolute Gasteiger partial charge is 0.431 e. The molecule has 9 heteroatoms. The number of hydrogen-bond donors (Lipinski definition) is 0. The Hall–Kier alpha value is -2.71. The lowest BCUT2D eigenvalue weighted by Crippen LogP contribution is -2.17. The van der Waals surface area contributed by atoms with Crippen molar-refractivity contribution in [1.29, 1.82) is 0 Å². The molecule has 0 bridgehead atoms. The average molecular weight is 326 g/mol. The minimum Gasteiger partial charge on any atom is -0.431 e. The van der Waals surface area contributed by atoms with Crippen LogP contribution in [0.25, 0.3) is 0 Å². The Bertz CT molecular complexity index is 628. The van der Waals surface area contributed by atoms with Crippen molar-refractivity contribution in [2.45, 2.75) is 46.1 Å². The molecule has 0 radical (unpaired) electrons. The number of hydrogen-bond acceptors (Lipinski definition) is 7. The lowest BCUT2D eigenvalue weighted by Gasteiger charge is -2.13. The molecule has 0 fully saturated rings. The third-order valence-corrected chi connectivity index (χ3v) is 3.17. The summed E-state index contributed by atoms with van der Waals surface area (Å²) in [6.45, 7) is 6.57. The fourth-order valence-electron chi connectivity index (χ4n) is 2.00. The number of nitro benzene ring substituents is 2. The van der Waals surface area contributed by atoms with Gasteiger partial charge in [-0.15, -0.1) is 0 Å². The number of nitro groups is 2. The van der Waals surface area contributed by atoms with Gasteiger partial charge in [0.25, 0.3) is 5.69 Å². The maximum absolute atomic E-state index is 11.6. The Morgan fingerprint density at radius 2 is 1.78 bits per heavy atom. The van der Waals surface area contributed by atoms with Crippen LogP contribution in [0.15, 0.2) is 12.1 Å². The summed E-state index contributed by atoms with van der Waals surface area (Å²) in [5.74, 6) is -0.831. The molecule has 0 aliphatic carbocycles. The van der Waals surface area contributed by atoms with Crippen LogP contribution in [0.5, 0.6) is 5.75 Å². The fourth-order valence-corrected chi connectivity index (χ4v) is 2.00. The zero-order valence-electron chi connectivity index (χ0n) is 13.3. The molecule has 0 saturated carbocycles. The van der Waals surface area contributed by atoms with Crippen molar-refractivity contribution in [1.82, 2.24) is 0 Å². The van der Waals surface area contributed by atoms with Crippen LogP contribution in [0.1, 0.15) is 45.6 Å². The van der Waals surface area contributed by atoms with Crippen molar-refractivity contribution >= 4 is 17.5 Å². The van der Waals surface area contributed by atoms with E-state index in [9.17, 15) is 25.0 Å². The number of carbonyl (C=O) groups excluding carboxylic acids is 1. The van der Waals surface area contributed by atoms with Gasteiger partial charge >= 0.3 is 11.8 Å². The summed E-state index contributed by atoms with van der Waals surface area (Å²) in [6, 6.07) is 2.12. The molecule has 1 aromatic rings. The van der Waals surface area contributed by atoms with Gasteiger partial charge in [-0.2, -0.15) is 0 Å². The van der Waals surface area contributed by atoms with Crippen molar-refractivity contribution in [3.05, 3.63) is 37.9 Å². The van der Waals surface area contributed by atoms with Gasteiger partial charge in [-0.25, -0.2) is 4.79 Å². The van der Waals surface area contributed by atoms with E-state index in [-0.39, 0.29) is 17.0 Å². The van der Waals surface area contributed by atoms with Crippen LogP contribution in [-0.2, 0) is 4.74 Å². The highest BCUT2D eigenvalue weighted by Crippen LogP contribution is 2.42. The molecule has 1 atom stereocenters. The predicted molar refractivity (Wildman–Crippen MR) is 80.7 cm³/mol. The second-order valence-electron chi connectivity index (χ2n) is 5.19. The van der Waals surface area contributed by atoms with E-state index in [4.69, 9.17) is 9.47 Å². The molecule has 9 nitrogen and oxygen atoms in total. The number of rotatable bonds is 6. The molecule has 1 rings (SSSR count). The quantitative estimate of drug-likeness (QED) is 0.336. The van der Waals surface area contributed by atoms with Gasteiger partial charge in [0, 0.05) is 6.07 Å². The Morgan fingerprint density at radius 1 is 1.17 bits per heavy atom. The molecule has 126 valence electrons. The van der Waals surface area contributed by atoms with E-state index in [1.165, 1.54) is 0 Å². The molecular weight excluding hydrogens is 308 g/mol. The van der Waals surface area contributed by atoms with Gasteiger partial charge in [-0.1, -0.05) is 13.8 Å². The molecule has 1 aromatic carbocycles. The minimum atomic E-state index is -1.10. The molecule has 0 aliphatic rings. The fraction of sp³-hybridized carbons (Fsp3) is 0.500. The topological polar surface area (TPSA) is 122 Å². The van der Waals surface area contributed by atoms with Gasteiger partial charge in [0.2, 0.25) is 5.75 Å². The third-order valence-electron chi connectivity index (χ3n) is 3.17. The first-order valence-corrected chi connectivity index (χ1v) is 7.03. The van der Waals surface area contributed by atoms with Crippen LogP contribution >= 0.6 is 0 Å². The minimum absolute atomic E-state index is 0.0719. The molecule has 0 heterocycles. The van der Waals surface area contributed by atoms with Crippen molar-refractivity contribution in [3.8, 4) is 5.75 Å². The van der Waals surface area contributed by atoms with Crippen molar-refractivity contribution in [3.63, 3.8) is 0 Å². The number of carbonyl (C=O) groups is 1. The highest BCUT2D eigenvalue weighted by atomic mass is 16.7. The van der Waals surface area contributed by atoms with Crippen molar-refractivity contribution in [2.24, 2.45) is 0 Å². The van der Waals surface area contributed by atoms with E-state index < -0.39 is 33.7 Å². The number of ether oxygens (including phenoxy) is 2. The van der Waals surface area contributed by atoms with Crippen molar-refractivity contribution in [2.75, 3.05) is 0 Å². The molecule has 0 saturated heterocycles. The predicted octanol–water partition coefficient (Wildman–Crippen LogP) is 3.94. The zero-order valence-corrected chi connectivity index (χ0v) is 13.3. The van der Waals surface area contributed by atoms with Crippen LogP contribution in [0, 0.1) is 20.2 Å². The van der Waals surface area contributed by atoms with E-state index >= 15 is 0 Å². The van der Waals surface area contributed by atoms with Crippen LogP contribution in [-0.4, -0.2) is 22.1 Å². The Morgan fingerprint density at radius 3 is 2.22 bits per heavy atom. The van der Waals surface area contributed by atoms with E-state index in [2.05, 4.69) is 0 Å². The normalized spacial score (nSPS) is 11.9. The molecule has 0 aliphatic heterocycles. The molecule has 0 N–H and O–H groups in total. The van der Waals surface area contributed by atoms with Gasteiger partial charge < -0.3 is 9.47 Å². The average Bonchev–Trinajstić information content (AvgIpc) is 2.44. The summed E-state index contributed by atoms with van der Waals surface area (Å²) < 4.78 is 9.64. The summed E-state index contributed by atoms with van der Waals surface area (Å²) in [5.41, 5.74) is -1.04. The highest BCUT2D eigenvalue weighted by molar-refractivity contribution is 5.70. The monoisotopic (exact) mass is 326 g/mol. The summed E-state index contributed by atoms with van der Waals surface area (Å²) in [4.78, 5) is 32.6. The SMILES string of the molecule is CCC(C)c1c([N+](=O)[O-])ccc(OC(=O)OC(C)C)c1[N+](=O)[O-]. The Labute approximate surface area is 132 Å². The third kappa shape index (κ3) is 4.38. The maximum Gasteiger partial charge on any atom is 0.514 e. The first-order chi connectivity index (χ1) is 10.7. The number of nitrogens with zero attached hydrogens (tertiary/aromatic N) is 2. The van der Waals surface area contributed by atoms with E-state index in [0.29, 0.717) is 6.42 Å². The lowest BCUT2D eigenvalue weighted by molar-refractivity contribution is -0.396. The summed E-state index contributed by atoms with van der Waals surface area (Å²) in [7, 11) is 0. The molecule has 1 unspecified atom stereocenters. The second kappa shape index (κ2) is 7.52. The van der Waals surface area contributed by atoms with Gasteiger partial charge in [0.15, 0.2) is 0 Å². The van der Waals surface area contributed by atoms with Crippen molar-refractivity contribution < 1.29 is 24.1 Å². The van der Waals surface area contributed by atoms with E-state index in [1.807, 2.05) is 0 Å². The summed E-state index contributed by atoms with van der Waals surface area (Å²) in [6.07, 6.45) is -1.12. The van der Waals surface area contributed by atoms with Crippen LogP contribution in [0.3, 0.4) is 0 Å². The standard InChI is InChI=1S/C14H18N2O7/c1-5-9(4)12-10(15(18)19)6-7-11(13(12)16(20)21)23-14(17)22-8(2)3/h6-9H,5H2,1-4H3. The van der Waals surface area contributed by atoms with Gasteiger partial charge in [0.05, 0.1) is 16.0 Å². The van der Waals surface area contributed by atoms with Gasteiger partial charge in [-0.05, 0) is 32.3 Å². The first kappa shape index (κ1) is 18.3. The molecule has 23 heavy (non-hydrogen) atoms. The Kier molecular flexibility index (Phi) is 6.00. The van der Waals surface area contributed by atoms with E-state index in [1.54, 1.807) is 27.7 Å². The summed E-state index contributed by atoms with van der Waals surface area (Å²) in [5, 5.41) is 22.5. The zero-order chi connectivity index (χ0) is 17.7. The largest absolute Gasteiger partial charge is 0.514 e. The Balaban J connectivity index is 3.45.